The number of hydrogen-bond donors (Lipinski definition) is 2. The quantitative estimate of drug-likeness (QED) is 0.856. The molecule has 2 aliphatic heterocycles. The third kappa shape index (κ3) is 2.63. The van der Waals surface area contributed by atoms with Crippen LogP contribution < -0.4 is 5.32 Å². The first-order valence-corrected chi connectivity index (χ1v) is 7.42. The summed E-state index contributed by atoms with van der Waals surface area (Å²) in [4.78, 5) is 18.3. The Bertz CT molecular complexity index is 486. The van der Waals surface area contributed by atoms with E-state index in [2.05, 4.69) is 10.3 Å². The summed E-state index contributed by atoms with van der Waals surface area (Å²) >= 11 is 0. The Morgan fingerprint density at radius 1 is 1.40 bits per heavy atom. The van der Waals surface area contributed by atoms with Crippen molar-refractivity contribution in [3.63, 3.8) is 0 Å². The smallest absolute Gasteiger partial charge is 0.276 e. The lowest BCUT2D eigenvalue weighted by Gasteiger charge is -2.35. The molecule has 2 fully saturated rings. The Balaban J connectivity index is 1.70. The van der Waals surface area contributed by atoms with E-state index in [1.54, 1.807) is 12.3 Å². The molecule has 2 N–H and O–H groups in total. The van der Waals surface area contributed by atoms with E-state index in [1.165, 1.54) is 25.3 Å². The first-order valence-electron chi connectivity index (χ1n) is 7.42. The zero-order valence-electron chi connectivity index (χ0n) is 11.6. The number of nitrogens with zero attached hydrogens (tertiary/aromatic N) is 2. The minimum atomic E-state index is -0.147. The Hall–Kier alpha value is -1.62. The maximum atomic E-state index is 12.5. The van der Waals surface area contributed by atoms with Crippen molar-refractivity contribution in [3.05, 3.63) is 24.0 Å². The van der Waals surface area contributed by atoms with Crippen molar-refractivity contribution in [2.45, 2.75) is 31.7 Å². The molecule has 1 aromatic heterocycles. The molecule has 5 heteroatoms. The van der Waals surface area contributed by atoms with E-state index in [4.69, 9.17) is 0 Å². The van der Waals surface area contributed by atoms with E-state index in [1.807, 2.05) is 4.90 Å². The van der Waals surface area contributed by atoms with Gasteiger partial charge < -0.3 is 15.3 Å². The highest BCUT2D eigenvalue weighted by Gasteiger charge is 2.32. The first-order chi connectivity index (χ1) is 9.75. The van der Waals surface area contributed by atoms with E-state index < -0.39 is 0 Å². The molecule has 2 aliphatic rings. The summed E-state index contributed by atoms with van der Waals surface area (Å²) in [7, 11) is 0. The Labute approximate surface area is 119 Å². The molecule has 0 aliphatic carbocycles. The topological polar surface area (TPSA) is 65.5 Å². The summed E-state index contributed by atoms with van der Waals surface area (Å²) in [6.07, 6.45) is 6.20. The molecule has 20 heavy (non-hydrogen) atoms. The molecule has 0 aromatic carbocycles. The SMILES string of the molecule is O=C(c1ncccc1O)N1CCCC(C2CCCN2)C1. The van der Waals surface area contributed by atoms with Gasteiger partial charge in [0.15, 0.2) is 5.69 Å². The van der Waals surface area contributed by atoms with Gasteiger partial charge in [-0.3, -0.25) is 4.79 Å². The molecule has 3 rings (SSSR count). The van der Waals surface area contributed by atoms with Crippen LogP contribution in [0.25, 0.3) is 0 Å². The summed E-state index contributed by atoms with van der Waals surface area (Å²) in [5.41, 5.74) is 0.174. The van der Waals surface area contributed by atoms with Crippen molar-refractivity contribution in [2.75, 3.05) is 19.6 Å². The van der Waals surface area contributed by atoms with Crippen molar-refractivity contribution in [1.29, 1.82) is 0 Å². The van der Waals surface area contributed by atoms with Crippen molar-refractivity contribution in [3.8, 4) is 5.75 Å². The summed E-state index contributed by atoms with van der Waals surface area (Å²) in [5.74, 6) is 0.352. The van der Waals surface area contributed by atoms with Crippen molar-refractivity contribution in [1.82, 2.24) is 15.2 Å². The lowest BCUT2D eigenvalue weighted by Crippen LogP contribution is -2.46. The van der Waals surface area contributed by atoms with Gasteiger partial charge >= 0.3 is 0 Å². The highest BCUT2D eigenvalue weighted by Crippen LogP contribution is 2.26. The fourth-order valence-corrected chi connectivity index (χ4v) is 3.35. The average molecular weight is 275 g/mol. The fraction of sp³-hybridized carbons (Fsp3) is 0.600. The second-order valence-electron chi connectivity index (χ2n) is 5.73. The van der Waals surface area contributed by atoms with Gasteiger partial charge in [0.2, 0.25) is 0 Å². The second-order valence-corrected chi connectivity index (χ2v) is 5.73. The Morgan fingerprint density at radius 3 is 3.05 bits per heavy atom. The number of aromatic nitrogens is 1. The number of rotatable bonds is 2. The molecule has 1 aromatic rings. The molecular weight excluding hydrogens is 254 g/mol. The van der Waals surface area contributed by atoms with Gasteiger partial charge in [-0.1, -0.05) is 0 Å². The highest BCUT2D eigenvalue weighted by molar-refractivity contribution is 5.94. The third-order valence-corrected chi connectivity index (χ3v) is 4.40. The maximum absolute atomic E-state index is 12.5. The average Bonchev–Trinajstić information content (AvgIpc) is 3.01. The number of carbonyl (C=O) groups excluding carboxylic acids is 1. The maximum Gasteiger partial charge on any atom is 0.276 e. The van der Waals surface area contributed by atoms with Gasteiger partial charge in [-0.2, -0.15) is 0 Å². The van der Waals surface area contributed by atoms with Crippen LogP contribution in [0.2, 0.25) is 0 Å². The number of hydrogen-bond acceptors (Lipinski definition) is 4. The molecule has 108 valence electrons. The molecule has 2 saturated heterocycles. The van der Waals surface area contributed by atoms with Crippen LogP contribution in [0.5, 0.6) is 5.75 Å². The lowest BCUT2D eigenvalue weighted by molar-refractivity contribution is 0.0642. The zero-order valence-corrected chi connectivity index (χ0v) is 11.6. The van der Waals surface area contributed by atoms with Gasteiger partial charge in [0, 0.05) is 25.3 Å². The number of amides is 1. The molecule has 1 amide bonds. The number of nitrogens with one attached hydrogen (secondary N) is 1. The molecular formula is C15H21N3O2. The van der Waals surface area contributed by atoms with Crippen molar-refractivity contribution in [2.24, 2.45) is 5.92 Å². The van der Waals surface area contributed by atoms with Crippen LogP contribution >= 0.6 is 0 Å². The molecule has 3 heterocycles. The minimum Gasteiger partial charge on any atom is -0.505 e. The molecule has 0 radical (unpaired) electrons. The standard InChI is InChI=1S/C15H21N3O2/c19-13-6-2-8-17-14(13)15(20)18-9-3-4-11(10-18)12-5-1-7-16-12/h2,6,8,11-12,16,19H,1,3-5,7,9-10H2. The van der Waals surface area contributed by atoms with Gasteiger partial charge in [0.05, 0.1) is 0 Å². The second kappa shape index (κ2) is 5.79. The van der Waals surface area contributed by atoms with Crippen LogP contribution in [-0.4, -0.2) is 46.6 Å². The van der Waals surface area contributed by atoms with Crippen LogP contribution in [0.15, 0.2) is 18.3 Å². The van der Waals surface area contributed by atoms with Crippen molar-refractivity contribution < 1.29 is 9.90 Å². The predicted octanol–water partition coefficient (Wildman–Crippen LogP) is 1.39. The molecule has 2 unspecified atom stereocenters. The van der Waals surface area contributed by atoms with Gasteiger partial charge in [0.1, 0.15) is 5.75 Å². The number of pyridine rings is 1. The van der Waals surface area contributed by atoms with Crippen LogP contribution in [0.3, 0.4) is 0 Å². The summed E-state index contributed by atoms with van der Waals surface area (Å²) in [6.45, 7) is 2.63. The summed E-state index contributed by atoms with van der Waals surface area (Å²) in [5, 5.41) is 13.3. The van der Waals surface area contributed by atoms with E-state index in [9.17, 15) is 9.90 Å². The van der Waals surface area contributed by atoms with Crippen LogP contribution in [0, 0.1) is 5.92 Å². The van der Waals surface area contributed by atoms with Gasteiger partial charge in [0.25, 0.3) is 5.91 Å². The van der Waals surface area contributed by atoms with Gasteiger partial charge in [-0.15, -0.1) is 0 Å². The Kier molecular flexibility index (Phi) is 3.87. The third-order valence-electron chi connectivity index (χ3n) is 4.40. The molecule has 0 spiro atoms. The van der Waals surface area contributed by atoms with Crippen LogP contribution in [0.4, 0.5) is 0 Å². The molecule has 0 bridgehead atoms. The van der Waals surface area contributed by atoms with E-state index >= 15 is 0 Å². The molecule has 0 saturated carbocycles. The minimum absolute atomic E-state index is 0.0291. The normalized spacial score (nSPS) is 26.7. The highest BCUT2D eigenvalue weighted by atomic mass is 16.3. The number of carbonyl (C=O) groups is 1. The van der Waals surface area contributed by atoms with Gasteiger partial charge in [-0.25, -0.2) is 4.98 Å². The van der Waals surface area contributed by atoms with E-state index in [0.717, 1.165) is 26.1 Å². The fourth-order valence-electron chi connectivity index (χ4n) is 3.35. The summed E-state index contributed by atoms with van der Waals surface area (Å²) < 4.78 is 0. The molecule has 5 nitrogen and oxygen atoms in total. The Morgan fingerprint density at radius 2 is 2.30 bits per heavy atom. The van der Waals surface area contributed by atoms with E-state index in [0.29, 0.717) is 12.0 Å². The lowest BCUT2D eigenvalue weighted by atomic mass is 9.89. The molecule has 2 atom stereocenters. The monoisotopic (exact) mass is 275 g/mol. The van der Waals surface area contributed by atoms with Crippen LogP contribution in [-0.2, 0) is 0 Å². The zero-order chi connectivity index (χ0) is 13.9. The van der Waals surface area contributed by atoms with E-state index in [-0.39, 0.29) is 17.4 Å². The van der Waals surface area contributed by atoms with Crippen molar-refractivity contribution >= 4 is 5.91 Å². The van der Waals surface area contributed by atoms with Crippen LogP contribution in [0.1, 0.15) is 36.2 Å². The number of aromatic hydroxyl groups is 1. The summed E-state index contributed by atoms with van der Waals surface area (Å²) in [6, 6.07) is 3.69. The predicted molar refractivity (Wildman–Crippen MR) is 75.6 cm³/mol. The number of piperidine rings is 1. The largest absolute Gasteiger partial charge is 0.505 e. The first kappa shape index (κ1) is 13.4. The van der Waals surface area contributed by atoms with Gasteiger partial charge in [-0.05, 0) is 50.3 Å². The number of likely N-dealkylation sites (tertiary alicyclic amines) is 1.